The number of carbonyl (C=O) groups is 1. The number of amides is 1. The molecule has 1 aliphatic carbocycles. The number of carbonyl (C=O) groups excluding carboxylic acids is 1. The summed E-state index contributed by atoms with van der Waals surface area (Å²) in [6.07, 6.45) is 5.74. The van der Waals surface area contributed by atoms with E-state index in [2.05, 4.69) is 17.4 Å². The summed E-state index contributed by atoms with van der Waals surface area (Å²) >= 11 is 0. The van der Waals surface area contributed by atoms with Gasteiger partial charge in [0.2, 0.25) is 0 Å². The van der Waals surface area contributed by atoms with E-state index < -0.39 is 0 Å². The summed E-state index contributed by atoms with van der Waals surface area (Å²) in [6, 6.07) is 11.5. The Morgan fingerprint density at radius 1 is 1.14 bits per heavy atom. The van der Waals surface area contributed by atoms with E-state index in [1.807, 2.05) is 12.1 Å². The molecule has 2 aliphatic rings. The van der Waals surface area contributed by atoms with Gasteiger partial charge in [-0.15, -0.1) is 0 Å². The van der Waals surface area contributed by atoms with Crippen molar-refractivity contribution in [2.45, 2.75) is 44.8 Å². The van der Waals surface area contributed by atoms with Gasteiger partial charge in [-0.05, 0) is 73.6 Å². The number of aryl methyl sites for hydroxylation is 2. The van der Waals surface area contributed by atoms with Gasteiger partial charge in [-0.3, -0.25) is 4.79 Å². The third kappa shape index (κ3) is 4.30. The van der Waals surface area contributed by atoms with Gasteiger partial charge in [0.1, 0.15) is 18.1 Å². The first-order chi connectivity index (χ1) is 13.7. The lowest BCUT2D eigenvalue weighted by Crippen LogP contribution is -2.23. The van der Waals surface area contributed by atoms with Crippen molar-refractivity contribution in [1.29, 1.82) is 0 Å². The van der Waals surface area contributed by atoms with Crippen LogP contribution in [0, 0.1) is 0 Å². The first-order valence-corrected chi connectivity index (χ1v) is 10.0. The van der Waals surface area contributed by atoms with Gasteiger partial charge in [0.25, 0.3) is 5.91 Å². The Morgan fingerprint density at radius 3 is 2.64 bits per heavy atom. The highest BCUT2D eigenvalue weighted by molar-refractivity contribution is 5.94. The molecule has 0 bridgehead atoms. The van der Waals surface area contributed by atoms with Gasteiger partial charge < -0.3 is 19.5 Å². The van der Waals surface area contributed by atoms with Crippen molar-refractivity contribution in [2.24, 2.45) is 0 Å². The van der Waals surface area contributed by atoms with Crippen LogP contribution in [0.5, 0.6) is 11.5 Å². The standard InChI is InChI=1S/C23H27NO4/c1-26-22-13-18-5-2-4-17(18)12-19(22)14-24-23(25)16-7-9-20(10-8-16)28-15-21-6-3-11-27-21/h7-10,12-13,21H,2-6,11,14-15H2,1H3,(H,24,25). The van der Waals surface area contributed by atoms with Crippen LogP contribution in [-0.4, -0.2) is 32.3 Å². The second kappa shape index (κ2) is 8.65. The van der Waals surface area contributed by atoms with E-state index in [4.69, 9.17) is 14.2 Å². The van der Waals surface area contributed by atoms with Crippen molar-refractivity contribution in [3.63, 3.8) is 0 Å². The van der Waals surface area contributed by atoms with Crippen LogP contribution in [0.3, 0.4) is 0 Å². The minimum atomic E-state index is -0.103. The van der Waals surface area contributed by atoms with Crippen LogP contribution < -0.4 is 14.8 Å². The molecule has 0 spiro atoms. The highest BCUT2D eigenvalue weighted by Gasteiger charge is 2.17. The monoisotopic (exact) mass is 381 g/mol. The predicted octanol–water partition coefficient (Wildman–Crippen LogP) is 3.67. The SMILES string of the molecule is COc1cc2c(cc1CNC(=O)c1ccc(OCC3CCCO3)cc1)CCC2. The molecule has 1 fully saturated rings. The third-order valence-electron chi connectivity index (χ3n) is 5.51. The molecule has 2 aromatic rings. The molecule has 5 heteroatoms. The van der Waals surface area contributed by atoms with Gasteiger partial charge in [0, 0.05) is 24.3 Å². The highest BCUT2D eigenvalue weighted by atomic mass is 16.5. The molecule has 1 saturated heterocycles. The fourth-order valence-corrected chi connectivity index (χ4v) is 3.93. The third-order valence-corrected chi connectivity index (χ3v) is 5.51. The molecule has 1 N–H and O–H groups in total. The van der Waals surface area contributed by atoms with E-state index in [-0.39, 0.29) is 12.0 Å². The van der Waals surface area contributed by atoms with E-state index in [1.54, 1.807) is 19.2 Å². The van der Waals surface area contributed by atoms with E-state index in [0.29, 0.717) is 18.7 Å². The quantitative estimate of drug-likeness (QED) is 0.795. The predicted molar refractivity (Wildman–Crippen MR) is 107 cm³/mol. The zero-order chi connectivity index (χ0) is 19.3. The number of fused-ring (bicyclic) bond motifs is 1. The molecule has 2 aromatic carbocycles. The summed E-state index contributed by atoms with van der Waals surface area (Å²) in [4.78, 5) is 12.5. The summed E-state index contributed by atoms with van der Waals surface area (Å²) in [5.41, 5.74) is 4.38. The molecule has 0 radical (unpaired) electrons. The first kappa shape index (κ1) is 18.8. The average Bonchev–Trinajstić information content (AvgIpc) is 3.41. The van der Waals surface area contributed by atoms with Crippen LogP contribution in [0.15, 0.2) is 36.4 Å². The summed E-state index contributed by atoms with van der Waals surface area (Å²) < 4.78 is 16.8. The lowest BCUT2D eigenvalue weighted by molar-refractivity contribution is 0.0679. The molecule has 1 amide bonds. The summed E-state index contributed by atoms with van der Waals surface area (Å²) in [7, 11) is 1.68. The number of ether oxygens (including phenoxy) is 3. The number of methoxy groups -OCH3 is 1. The molecular weight excluding hydrogens is 354 g/mol. The zero-order valence-electron chi connectivity index (χ0n) is 16.3. The summed E-state index contributed by atoms with van der Waals surface area (Å²) in [5.74, 6) is 1.50. The topological polar surface area (TPSA) is 56.8 Å². The summed E-state index contributed by atoms with van der Waals surface area (Å²) in [5, 5.41) is 3.00. The maximum Gasteiger partial charge on any atom is 0.251 e. The zero-order valence-corrected chi connectivity index (χ0v) is 16.3. The van der Waals surface area contributed by atoms with Crippen LogP contribution in [0.25, 0.3) is 0 Å². The Bertz CT molecular complexity index is 825. The van der Waals surface area contributed by atoms with Crippen LogP contribution in [0.4, 0.5) is 0 Å². The van der Waals surface area contributed by atoms with Crippen molar-refractivity contribution in [3.8, 4) is 11.5 Å². The van der Waals surface area contributed by atoms with Gasteiger partial charge in [-0.25, -0.2) is 0 Å². The molecule has 5 nitrogen and oxygen atoms in total. The number of hydrogen-bond acceptors (Lipinski definition) is 4. The van der Waals surface area contributed by atoms with E-state index in [1.165, 1.54) is 17.5 Å². The molecular formula is C23H27NO4. The Labute approximate surface area is 166 Å². The molecule has 1 unspecified atom stereocenters. The van der Waals surface area contributed by atoms with E-state index in [9.17, 15) is 4.79 Å². The van der Waals surface area contributed by atoms with Crippen LogP contribution in [0.2, 0.25) is 0 Å². The fourth-order valence-electron chi connectivity index (χ4n) is 3.93. The molecule has 0 saturated carbocycles. The van der Waals surface area contributed by atoms with Crippen LogP contribution in [0.1, 0.15) is 46.3 Å². The van der Waals surface area contributed by atoms with E-state index >= 15 is 0 Å². The van der Waals surface area contributed by atoms with Crippen LogP contribution >= 0.6 is 0 Å². The molecule has 1 atom stereocenters. The Morgan fingerprint density at radius 2 is 1.93 bits per heavy atom. The number of nitrogens with one attached hydrogen (secondary N) is 1. The van der Waals surface area contributed by atoms with E-state index in [0.717, 1.165) is 49.4 Å². The maximum absolute atomic E-state index is 12.5. The molecule has 1 heterocycles. The second-order valence-electron chi connectivity index (χ2n) is 7.44. The average molecular weight is 381 g/mol. The largest absolute Gasteiger partial charge is 0.496 e. The van der Waals surface area contributed by atoms with Crippen molar-refractivity contribution in [1.82, 2.24) is 5.32 Å². The second-order valence-corrected chi connectivity index (χ2v) is 7.44. The Kier molecular flexibility index (Phi) is 5.81. The minimum absolute atomic E-state index is 0.103. The molecule has 0 aromatic heterocycles. The Balaban J connectivity index is 1.33. The van der Waals surface area contributed by atoms with Crippen molar-refractivity contribution in [3.05, 3.63) is 58.7 Å². The van der Waals surface area contributed by atoms with Crippen molar-refractivity contribution in [2.75, 3.05) is 20.3 Å². The highest BCUT2D eigenvalue weighted by Crippen LogP contribution is 2.29. The van der Waals surface area contributed by atoms with Gasteiger partial charge in [-0.2, -0.15) is 0 Å². The first-order valence-electron chi connectivity index (χ1n) is 10.0. The van der Waals surface area contributed by atoms with Gasteiger partial charge in [0.15, 0.2) is 0 Å². The maximum atomic E-state index is 12.5. The van der Waals surface area contributed by atoms with Crippen molar-refractivity contribution < 1.29 is 19.0 Å². The normalized spacial score (nSPS) is 18.0. The van der Waals surface area contributed by atoms with Crippen molar-refractivity contribution >= 4 is 5.91 Å². The molecule has 1 aliphatic heterocycles. The molecule has 148 valence electrons. The Hall–Kier alpha value is -2.53. The summed E-state index contributed by atoms with van der Waals surface area (Å²) in [6.45, 7) is 1.83. The van der Waals surface area contributed by atoms with Gasteiger partial charge in [0.05, 0.1) is 13.2 Å². The number of hydrogen-bond donors (Lipinski definition) is 1. The fraction of sp³-hybridized carbons (Fsp3) is 0.435. The lowest BCUT2D eigenvalue weighted by atomic mass is 10.0. The molecule has 4 rings (SSSR count). The minimum Gasteiger partial charge on any atom is -0.496 e. The smallest absolute Gasteiger partial charge is 0.251 e. The lowest BCUT2D eigenvalue weighted by Gasteiger charge is -2.13. The van der Waals surface area contributed by atoms with Gasteiger partial charge >= 0.3 is 0 Å². The molecule has 28 heavy (non-hydrogen) atoms. The van der Waals surface area contributed by atoms with Gasteiger partial charge in [-0.1, -0.05) is 6.07 Å². The number of rotatable bonds is 7. The van der Waals surface area contributed by atoms with Crippen LogP contribution in [-0.2, 0) is 24.1 Å². The number of benzene rings is 2.